The van der Waals surface area contributed by atoms with E-state index in [0.29, 0.717) is 13.1 Å². The number of ether oxygens (including phenoxy) is 2. The van der Waals surface area contributed by atoms with Crippen LogP contribution in [0.4, 0.5) is 4.79 Å². The lowest BCUT2D eigenvalue weighted by atomic mass is 10.0. The summed E-state index contributed by atoms with van der Waals surface area (Å²) in [7, 11) is 1.78. The summed E-state index contributed by atoms with van der Waals surface area (Å²) in [5.74, 6) is -0.658. The van der Waals surface area contributed by atoms with E-state index in [-0.39, 0.29) is 17.9 Å². The molecule has 0 radical (unpaired) electrons. The van der Waals surface area contributed by atoms with E-state index in [0.717, 1.165) is 0 Å². The number of likely N-dealkylation sites (N-methyl/N-ethyl adjacent to an activating group) is 1. The Morgan fingerprint density at radius 1 is 1.00 bits per heavy atom. The molecule has 0 aliphatic carbocycles. The summed E-state index contributed by atoms with van der Waals surface area (Å²) in [6.45, 7) is 11.7. The molecule has 0 bridgehead atoms. The van der Waals surface area contributed by atoms with E-state index in [9.17, 15) is 9.59 Å². The first-order valence-electron chi connectivity index (χ1n) is 7.31. The van der Waals surface area contributed by atoms with Crippen molar-refractivity contribution in [3.8, 4) is 0 Å². The average Bonchev–Trinajstić information content (AvgIpc) is 2.68. The molecule has 0 spiro atoms. The number of nitrogens with zero attached hydrogens (tertiary/aromatic N) is 1. The van der Waals surface area contributed by atoms with Gasteiger partial charge >= 0.3 is 12.1 Å². The van der Waals surface area contributed by atoms with E-state index in [1.807, 2.05) is 41.5 Å². The van der Waals surface area contributed by atoms with Gasteiger partial charge in [-0.1, -0.05) is 0 Å². The quantitative estimate of drug-likeness (QED) is 0.787. The maximum absolute atomic E-state index is 12.2. The number of carbonyl (C=O) groups is 2. The summed E-state index contributed by atoms with van der Waals surface area (Å²) < 4.78 is 10.8. The van der Waals surface area contributed by atoms with Crippen molar-refractivity contribution in [1.29, 1.82) is 0 Å². The fourth-order valence-electron chi connectivity index (χ4n) is 2.19. The van der Waals surface area contributed by atoms with Gasteiger partial charge in [-0.25, -0.2) is 4.79 Å². The molecule has 0 unspecified atom stereocenters. The second-order valence-corrected chi connectivity index (χ2v) is 7.42. The molecule has 1 amide bonds. The Balaban J connectivity index is 2.72. The molecule has 1 fully saturated rings. The summed E-state index contributed by atoms with van der Waals surface area (Å²) >= 11 is 0. The molecule has 2 atom stereocenters. The molecule has 1 rings (SSSR count). The number of amides is 1. The lowest BCUT2D eigenvalue weighted by Gasteiger charge is -2.25. The zero-order valence-electron chi connectivity index (χ0n) is 14.1. The normalized spacial score (nSPS) is 23.1. The number of likely N-dealkylation sites (tertiary alicyclic amines) is 1. The second-order valence-electron chi connectivity index (χ2n) is 7.42. The van der Waals surface area contributed by atoms with Gasteiger partial charge in [-0.2, -0.15) is 0 Å². The van der Waals surface area contributed by atoms with Crippen molar-refractivity contribution in [2.75, 3.05) is 20.1 Å². The number of carbonyl (C=O) groups excluding carboxylic acids is 2. The molecule has 0 aromatic heterocycles. The van der Waals surface area contributed by atoms with Gasteiger partial charge in [-0.15, -0.1) is 0 Å². The Bertz CT molecular complexity index is 395. The number of rotatable bonds is 2. The van der Waals surface area contributed by atoms with Gasteiger partial charge in [0.05, 0.1) is 5.92 Å². The van der Waals surface area contributed by atoms with E-state index in [4.69, 9.17) is 9.47 Å². The first kappa shape index (κ1) is 17.8. The van der Waals surface area contributed by atoms with Gasteiger partial charge in [0.2, 0.25) is 0 Å². The van der Waals surface area contributed by atoms with Crippen LogP contribution < -0.4 is 5.32 Å². The van der Waals surface area contributed by atoms with Crippen LogP contribution >= 0.6 is 0 Å². The number of hydrogen-bond donors (Lipinski definition) is 1. The van der Waals surface area contributed by atoms with E-state index in [1.54, 1.807) is 11.9 Å². The highest BCUT2D eigenvalue weighted by Crippen LogP contribution is 2.23. The minimum absolute atomic E-state index is 0.118. The first-order valence-corrected chi connectivity index (χ1v) is 7.31. The highest BCUT2D eigenvalue weighted by Gasteiger charge is 2.42. The Labute approximate surface area is 127 Å². The van der Waals surface area contributed by atoms with Crippen LogP contribution in [0.25, 0.3) is 0 Å². The summed E-state index contributed by atoms with van der Waals surface area (Å²) in [5.41, 5.74) is -1.08. The van der Waals surface area contributed by atoms with Crippen LogP contribution in [0.15, 0.2) is 0 Å². The second kappa shape index (κ2) is 6.22. The van der Waals surface area contributed by atoms with Crippen LogP contribution in [-0.4, -0.2) is 54.3 Å². The SMILES string of the molecule is CN[C@H]1CN(C(=O)OC(C)(C)C)C[C@H]1C(=O)OC(C)(C)C. The van der Waals surface area contributed by atoms with Crippen molar-refractivity contribution in [2.45, 2.75) is 58.8 Å². The molecule has 1 N–H and O–H groups in total. The van der Waals surface area contributed by atoms with Crippen molar-refractivity contribution in [3.05, 3.63) is 0 Å². The van der Waals surface area contributed by atoms with Crippen molar-refractivity contribution in [3.63, 3.8) is 0 Å². The molecule has 0 aromatic rings. The third kappa shape index (κ3) is 5.53. The van der Waals surface area contributed by atoms with Gasteiger partial charge in [0.25, 0.3) is 0 Å². The Morgan fingerprint density at radius 3 is 1.95 bits per heavy atom. The molecular formula is C15H28N2O4. The molecule has 1 heterocycles. The molecule has 1 saturated heterocycles. The van der Waals surface area contributed by atoms with Crippen LogP contribution in [0.3, 0.4) is 0 Å². The fourth-order valence-corrected chi connectivity index (χ4v) is 2.19. The standard InChI is InChI=1S/C15H28N2O4/c1-14(2,3)20-12(18)10-8-17(9-11(10)16-7)13(19)21-15(4,5)6/h10-11,16H,8-9H2,1-7H3/t10-,11+/m1/s1. The molecule has 0 saturated carbocycles. The maximum atomic E-state index is 12.2. The smallest absolute Gasteiger partial charge is 0.410 e. The zero-order chi connectivity index (χ0) is 16.4. The van der Waals surface area contributed by atoms with E-state index in [1.165, 1.54) is 0 Å². The van der Waals surface area contributed by atoms with Gasteiger partial charge in [-0.05, 0) is 48.6 Å². The molecule has 6 heteroatoms. The van der Waals surface area contributed by atoms with Crippen LogP contribution in [0.1, 0.15) is 41.5 Å². The summed E-state index contributed by atoms with van der Waals surface area (Å²) in [6.07, 6.45) is -0.395. The highest BCUT2D eigenvalue weighted by molar-refractivity contribution is 5.77. The van der Waals surface area contributed by atoms with Gasteiger partial charge in [0.1, 0.15) is 11.2 Å². The van der Waals surface area contributed by atoms with Gasteiger partial charge in [0, 0.05) is 19.1 Å². The molecule has 122 valence electrons. The predicted octanol–water partition coefficient (Wildman–Crippen LogP) is 1.78. The van der Waals surface area contributed by atoms with Crippen LogP contribution in [0, 0.1) is 5.92 Å². The minimum Gasteiger partial charge on any atom is -0.460 e. The van der Waals surface area contributed by atoms with E-state index >= 15 is 0 Å². The Morgan fingerprint density at radius 2 is 1.52 bits per heavy atom. The van der Waals surface area contributed by atoms with Crippen molar-refractivity contribution in [2.24, 2.45) is 5.92 Å². The van der Waals surface area contributed by atoms with Gasteiger partial charge in [-0.3, -0.25) is 4.79 Å². The number of hydrogen-bond acceptors (Lipinski definition) is 5. The zero-order valence-corrected chi connectivity index (χ0v) is 14.1. The van der Waals surface area contributed by atoms with Crippen molar-refractivity contribution in [1.82, 2.24) is 10.2 Å². The monoisotopic (exact) mass is 300 g/mol. The predicted molar refractivity (Wildman–Crippen MR) is 80.0 cm³/mol. The number of nitrogens with one attached hydrogen (secondary N) is 1. The topological polar surface area (TPSA) is 67.9 Å². The largest absolute Gasteiger partial charge is 0.460 e. The Kier molecular flexibility index (Phi) is 5.25. The highest BCUT2D eigenvalue weighted by atomic mass is 16.6. The summed E-state index contributed by atoms with van der Waals surface area (Å²) in [4.78, 5) is 25.9. The van der Waals surface area contributed by atoms with Crippen LogP contribution in [0.5, 0.6) is 0 Å². The lowest BCUT2D eigenvalue weighted by molar-refractivity contribution is -0.160. The number of esters is 1. The van der Waals surface area contributed by atoms with Gasteiger partial charge in [0.15, 0.2) is 0 Å². The molecule has 1 aliphatic heterocycles. The molecule has 21 heavy (non-hydrogen) atoms. The van der Waals surface area contributed by atoms with Crippen LogP contribution in [0.2, 0.25) is 0 Å². The molecular weight excluding hydrogens is 272 g/mol. The van der Waals surface area contributed by atoms with Crippen molar-refractivity contribution < 1.29 is 19.1 Å². The van der Waals surface area contributed by atoms with Gasteiger partial charge < -0.3 is 19.7 Å². The lowest BCUT2D eigenvalue weighted by Crippen LogP contribution is -2.40. The first-order chi connectivity index (χ1) is 9.43. The maximum Gasteiger partial charge on any atom is 0.410 e. The minimum atomic E-state index is -0.545. The van der Waals surface area contributed by atoms with Crippen molar-refractivity contribution >= 4 is 12.1 Å². The average molecular weight is 300 g/mol. The molecule has 1 aliphatic rings. The van der Waals surface area contributed by atoms with E-state index < -0.39 is 17.3 Å². The van der Waals surface area contributed by atoms with E-state index in [2.05, 4.69) is 5.32 Å². The third-order valence-electron chi connectivity index (χ3n) is 3.05. The summed E-state index contributed by atoms with van der Waals surface area (Å²) in [6, 6.07) is -0.118. The molecule has 6 nitrogen and oxygen atoms in total. The van der Waals surface area contributed by atoms with Crippen LogP contribution in [-0.2, 0) is 14.3 Å². The Hall–Kier alpha value is -1.30. The summed E-state index contributed by atoms with van der Waals surface area (Å²) in [5, 5.41) is 3.08. The third-order valence-corrected chi connectivity index (χ3v) is 3.05. The molecule has 0 aromatic carbocycles. The fraction of sp³-hybridized carbons (Fsp3) is 0.867.